The number of amides is 1. The molecule has 2 saturated carbocycles. The predicted molar refractivity (Wildman–Crippen MR) is 135 cm³/mol. The second kappa shape index (κ2) is 10.1. The van der Waals surface area contributed by atoms with Gasteiger partial charge < -0.3 is 21.1 Å². The Balaban J connectivity index is 1.51. The summed E-state index contributed by atoms with van der Waals surface area (Å²) in [7, 11) is 1.67. The number of nitrogens with two attached hydrogens (primary N) is 1. The number of methoxy groups -OCH3 is 1. The average molecular weight is 462 g/mol. The Morgan fingerprint density at radius 1 is 1.00 bits per heavy atom. The van der Waals surface area contributed by atoms with Crippen LogP contribution in [0.1, 0.15) is 68.1 Å². The summed E-state index contributed by atoms with van der Waals surface area (Å²) in [5.41, 5.74) is 9.17. The van der Waals surface area contributed by atoms with Crippen molar-refractivity contribution < 1.29 is 9.53 Å². The zero-order valence-corrected chi connectivity index (χ0v) is 19.9. The molecule has 2 fully saturated rings. The fraction of sp³-hybridized carbons (Fsp3) is 0.481. The van der Waals surface area contributed by atoms with Gasteiger partial charge in [-0.2, -0.15) is 0 Å². The molecule has 0 saturated heterocycles. The SMILES string of the molecule is COc1ccc(-c2nc3c(C(=O)NC4CCC(N)CC4)cccn3c2NC2CCCCC2)cc1. The number of rotatable bonds is 6. The number of carbonyl (C=O) groups is 1. The first-order valence-corrected chi connectivity index (χ1v) is 12.6. The Hall–Kier alpha value is -3.06. The van der Waals surface area contributed by atoms with Crippen LogP contribution < -0.4 is 21.1 Å². The van der Waals surface area contributed by atoms with Crippen LogP contribution in [0.25, 0.3) is 16.9 Å². The van der Waals surface area contributed by atoms with Crippen molar-refractivity contribution >= 4 is 17.4 Å². The molecule has 0 atom stereocenters. The number of ether oxygens (including phenoxy) is 1. The molecule has 0 aliphatic heterocycles. The van der Waals surface area contributed by atoms with Gasteiger partial charge in [0.1, 0.15) is 17.3 Å². The Morgan fingerprint density at radius 3 is 2.44 bits per heavy atom. The third kappa shape index (κ3) is 4.75. The summed E-state index contributed by atoms with van der Waals surface area (Å²) in [5, 5.41) is 7.00. The lowest BCUT2D eigenvalue weighted by Gasteiger charge is -2.26. The minimum Gasteiger partial charge on any atom is -0.497 e. The molecule has 2 aliphatic carbocycles. The molecule has 180 valence electrons. The number of imidazole rings is 1. The van der Waals surface area contributed by atoms with Crippen LogP contribution in [-0.2, 0) is 0 Å². The Kier molecular flexibility index (Phi) is 6.72. The summed E-state index contributed by atoms with van der Waals surface area (Å²) in [6.45, 7) is 0. The van der Waals surface area contributed by atoms with E-state index in [4.69, 9.17) is 15.5 Å². The summed E-state index contributed by atoms with van der Waals surface area (Å²) < 4.78 is 7.38. The fourth-order valence-electron chi connectivity index (χ4n) is 5.30. The van der Waals surface area contributed by atoms with E-state index < -0.39 is 0 Å². The molecule has 4 N–H and O–H groups in total. The van der Waals surface area contributed by atoms with Crippen LogP contribution in [0.4, 0.5) is 5.82 Å². The van der Waals surface area contributed by atoms with Crippen LogP contribution >= 0.6 is 0 Å². The number of aromatic nitrogens is 2. The molecule has 2 heterocycles. The average Bonchev–Trinajstić information content (AvgIpc) is 3.24. The highest BCUT2D eigenvalue weighted by atomic mass is 16.5. The molecule has 0 spiro atoms. The highest BCUT2D eigenvalue weighted by molar-refractivity contribution is 6.01. The number of hydrogen-bond donors (Lipinski definition) is 3. The van der Waals surface area contributed by atoms with Crippen LogP contribution in [0.5, 0.6) is 5.75 Å². The van der Waals surface area contributed by atoms with Crippen molar-refractivity contribution in [2.24, 2.45) is 5.73 Å². The number of pyridine rings is 1. The van der Waals surface area contributed by atoms with E-state index in [1.54, 1.807) is 7.11 Å². The zero-order valence-electron chi connectivity index (χ0n) is 19.9. The first-order chi connectivity index (χ1) is 16.6. The number of benzene rings is 1. The van der Waals surface area contributed by atoms with E-state index in [2.05, 4.69) is 10.6 Å². The topological polar surface area (TPSA) is 93.7 Å². The van der Waals surface area contributed by atoms with E-state index in [1.165, 1.54) is 19.3 Å². The monoisotopic (exact) mass is 461 g/mol. The molecular formula is C27H35N5O2. The van der Waals surface area contributed by atoms with Gasteiger partial charge in [-0.3, -0.25) is 9.20 Å². The first kappa shape index (κ1) is 22.7. The Bertz CT molecular complexity index is 1130. The lowest BCUT2D eigenvalue weighted by atomic mass is 9.91. The Morgan fingerprint density at radius 2 is 1.74 bits per heavy atom. The van der Waals surface area contributed by atoms with E-state index in [-0.39, 0.29) is 18.0 Å². The van der Waals surface area contributed by atoms with Crippen LogP contribution in [-0.4, -0.2) is 40.5 Å². The third-order valence-corrected chi connectivity index (χ3v) is 7.31. The smallest absolute Gasteiger partial charge is 0.255 e. The maximum atomic E-state index is 13.3. The Labute approximate surface area is 201 Å². The quantitative estimate of drug-likeness (QED) is 0.492. The molecule has 0 bridgehead atoms. The van der Waals surface area contributed by atoms with Crippen molar-refractivity contribution in [3.05, 3.63) is 48.2 Å². The van der Waals surface area contributed by atoms with Gasteiger partial charge in [0, 0.05) is 29.9 Å². The van der Waals surface area contributed by atoms with Gasteiger partial charge in [-0.05, 0) is 74.9 Å². The van der Waals surface area contributed by atoms with Crippen molar-refractivity contribution in [1.29, 1.82) is 0 Å². The molecule has 0 unspecified atom stereocenters. The molecule has 3 aromatic rings. The van der Waals surface area contributed by atoms with Gasteiger partial charge in [-0.25, -0.2) is 4.98 Å². The van der Waals surface area contributed by atoms with Gasteiger partial charge in [0.05, 0.1) is 12.7 Å². The molecule has 1 aromatic carbocycles. The molecule has 5 rings (SSSR count). The van der Waals surface area contributed by atoms with Crippen LogP contribution in [0, 0.1) is 0 Å². The van der Waals surface area contributed by atoms with Gasteiger partial charge >= 0.3 is 0 Å². The minimum absolute atomic E-state index is 0.0680. The number of nitrogens with one attached hydrogen (secondary N) is 2. The maximum absolute atomic E-state index is 13.3. The number of fused-ring (bicyclic) bond motifs is 1. The highest BCUT2D eigenvalue weighted by Gasteiger charge is 2.25. The highest BCUT2D eigenvalue weighted by Crippen LogP contribution is 2.33. The van der Waals surface area contributed by atoms with E-state index in [0.717, 1.165) is 61.3 Å². The molecule has 7 heteroatoms. The van der Waals surface area contributed by atoms with Gasteiger partial charge in [-0.1, -0.05) is 19.3 Å². The second-order valence-corrected chi connectivity index (χ2v) is 9.72. The summed E-state index contributed by atoms with van der Waals surface area (Å²) in [5.74, 6) is 1.69. The number of nitrogens with zero attached hydrogens (tertiary/aromatic N) is 2. The zero-order chi connectivity index (χ0) is 23.5. The molecular weight excluding hydrogens is 426 g/mol. The van der Waals surface area contributed by atoms with Gasteiger partial charge in [0.2, 0.25) is 0 Å². The van der Waals surface area contributed by atoms with Crippen molar-refractivity contribution in [2.75, 3.05) is 12.4 Å². The standard InChI is InChI=1S/C27H35N5O2/c1-34-22-15-9-18(10-16-22)24-26(29-20-6-3-2-4-7-20)32-17-5-8-23(25(32)31-24)27(33)30-21-13-11-19(28)12-14-21/h5,8-10,15-17,19-21,29H,2-4,6-7,11-14,28H2,1H3,(H,30,33). The summed E-state index contributed by atoms with van der Waals surface area (Å²) in [6.07, 6.45) is 11.8. The molecule has 2 aromatic heterocycles. The fourth-order valence-corrected chi connectivity index (χ4v) is 5.30. The molecule has 34 heavy (non-hydrogen) atoms. The number of hydrogen-bond acceptors (Lipinski definition) is 5. The van der Waals surface area contributed by atoms with E-state index in [1.807, 2.05) is 47.0 Å². The third-order valence-electron chi connectivity index (χ3n) is 7.31. The summed E-state index contributed by atoms with van der Waals surface area (Å²) in [6, 6.07) is 12.6. The number of anilines is 1. The molecule has 7 nitrogen and oxygen atoms in total. The molecule has 1 amide bonds. The lowest BCUT2D eigenvalue weighted by molar-refractivity contribution is 0.0927. The van der Waals surface area contributed by atoms with Crippen LogP contribution in [0.2, 0.25) is 0 Å². The molecule has 0 radical (unpaired) electrons. The normalized spacial score (nSPS) is 21.4. The maximum Gasteiger partial charge on any atom is 0.255 e. The van der Waals surface area contributed by atoms with E-state index in [9.17, 15) is 4.79 Å². The second-order valence-electron chi connectivity index (χ2n) is 9.72. The minimum atomic E-state index is -0.0680. The summed E-state index contributed by atoms with van der Waals surface area (Å²) >= 11 is 0. The van der Waals surface area contributed by atoms with Crippen LogP contribution in [0.3, 0.4) is 0 Å². The van der Waals surface area contributed by atoms with E-state index in [0.29, 0.717) is 17.3 Å². The summed E-state index contributed by atoms with van der Waals surface area (Å²) in [4.78, 5) is 18.3. The largest absolute Gasteiger partial charge is 0.497 e. The van der Waals surface area contributed by atoms with Crippen molar-refractivity contribution in [3.63, 3.8) is 0 Å². The van der Waals surface area contributed by atoms with Gasteiger partial charge in [0.15, 0.2) is 5.65 Å². The van der Waals surface area contributed by atoms with Crippen molar-refractivity contribution in [1.82, 2.24) is 14.7 Å². The van der Waals surface area contributed by atoms with E-state index >= 15 is 0 Å². The van der Waals surface area contributed by atoms with Crippen LogP contribution in [0.15, 0.2) is 42.6 Å². The lowest BCUT2D eigenvalue weighted by Crippen LogP contribution is -2.40. The van der Waals surface area contributed by atoms with Crippen molar-refractivity contribution in [3.8, 4) is 17.0 Å². The predicted octanol–water partition coefficient (Wildman–Crippen LogP) is 4.75. The van der Waals surface area contributed by atoms with Gasteiger partial charge in [-0.15, -0.1) is 0 Å². The number of carbonyl (C=O) groups excluding carboxylic acids is 1. The van der Waals surface area contributed by atoms with Crippen molar-refractivity contribution in [2.45, 2.75) is 75.9 Å². The first-order valence-electron chi connectivity index (χ1n) is 12.6. The molecule has 2 aliphatic rings. The van der Waals surface area contributed by atoms with Gasteiger partial charge in [0.25, 0.3) is 5.91 Å².